The van der Waals surface area contributed by atoms with E-state index >= 15 is 0 Å². The predicted octanol–water partition coefficient (Wildman–Crippen LogP) is 4.31. The van der Waals surface area contributed by atoms with Crippen LogP contribution >= 0.6 is 0 Å². The van der Waals surface area contributed by atoms with Gasteiger partial charge < -0.3 is 22.2 Å². The van der Waals surface area contributed by atoms with Crippen molar-refractivity contribution in [2.24, 2.45) is 0 Å². The largest absolute Gasteiger partial charge is 0.479 e. The van der Waals surface area contributed by atoms with Crippen LogP contribution in [0.5, 0.6) is 0 Å². The highest BCUT2D eigenvalue weighted by molar-refractivity contribution is 6.90. The first-order valence-corrected chi connectivity index (χ1v) is 21.1. The van der Waals surface area contributed by atoms with E-state index in [0.29, 0.717) is 6.42 Å². The van der Waals surface area contributed by atoms with Crippen LogP contribution in [0.3, 0.4) is 0 Å². The lowest BCUT2D eigenvalue weighted by Gasteiger charge is -2.47. The van der Waals surface area contributed by atoms with Gasteiger partial charge in [-0.15, -0.1) is 0 Å². The van der Waals surface area contributed by atoms with Crippen LogP contribution in [0.1, 0.15) is 13.3 Å². The molecule has 0 bridgehead atoms. The summed E-state index contributed by atoms with van der Waals surface area (Å²) in [6, 6.07) is 0. The Labute approximate surface area is 163 Å². The zero-order chi connectivity index (χ0) is 21.0. The molecular formula is C16H38O6Si4. The molecule has 6 nitrogen and oxygen atoms in total. The standard InChI is InChI=1S/C16H38O6Si4/c1-12-14(16(18)19-15(17)13-2)26(20-23(3,4)5,21-24(6,7)8)22-25(9,10)11/h13-14,16,18H,2,12H2,1,3-11H3. The molecule has 154 valence electrons. The van der Waals surface area contributed by atoms with E-state index in [1.54, 1.807) is 0 Å². The van der Waals surface area contributed by atoms with Gasteiger partial charge in [0.15, 0.2) is 25.0 Å². The molecule has 0 fully saturated rings. The Bertz CT molecular complexity index is 438. The maximum Gasteiger partial charge on any atom is 0.479 e. The Morgan fingerprint density at radius 2 is 1.27 bits per heavy atom. The van der Waals surface area contributed by atoms with Crippen LogP contribution < -0.4 is 0 Å². The van der Waals surface area contributed by atoms with E-state index in [-0.39, 0.29) is 0 Å². The molecular weight excluding hydrogens is 401 g/mol. The molecule has 0 aliphatic carbocycles. The lowest BCUT2D eigenvalue weighted by atomic mass is 10.3. The fraction of sp³-hybridized carbons (Fsp3) is 0.812. The molecule has 0 aromatic heterocycles. The summed E-state index contributed by atoms with van der Waals surface area (Å²) >= 11 is 0. The fourth-order valence-corrected chi connectivity index (χ4v) is 17.0. The van der Waals surface area contributed by atoms with E-state index in [1.165, 1.54) is 0 Å². The molecule has 0 aliphatic rings. The second-order valence-electron chi connectivity index (χ2n) is 9.29. The molecule has 0 saturated heterocycles. The molecule has 0 spiro atoms. The molecule has 0 amide bonds. The minimum atomic E-state index is -3.35. The number of esters is 1. The van der Waals surface area contributed by atoms with Crippen molar-refractivity contribution < 1.29 is 27.0 Å². The van der Waals surface area contributed by atoms with Crippen LogP contribution in [0.4, 0.5) is 0 Å². The molecule has 2 atom stereocenters. The highest BCUT2D eigenvalue weighted by Gasteiger charge is 2.58. The van der Waals surface area contributed by atoms with Crippen molar-refractivity contribution in [3.63, 3.8) is 0 Å². The topological polar surface area (TPSA) is 74.2 Å². The zero-order valence-corrected chi connectivity index (χ0v) is 22.1. The van der Waals surface area contributed by atoms with Gasteiger partial charge in [0, 0.05) is 6.08 Å². The lowest BCUT2D eigenvalue weighted by molar-refractivity contribution is -0.164. The van der Waals surface area contributed by atoms with Crippen molar-refractivity contribution in [3.8, 4) is 0 Å². The molecule has 0 aromatic rings. The second-order valence-corrected chi connectivity index (χ2v) is 26.4. The molecule has 0 heterocycles. The molecule has 1 N–H and O–H groups in total. The molecule has 26 heavy (non-hydrogen) atoms. The van der Waals surface area contributed by atoms with Crippen LogP contribution in [0.15, 0.2) is 12.7 Å². The van der Waals surface area contributed by atoms with E-state index in [4.69, 9.17) is 17.1 Å². The Morgan fingerprint density at radius 1 is 0.923 bits per heavy atom. The second kappa shape index (κ2) is 9.41. The van der Waals surface area contributed by atoms with Gasteiger partial charge in [0.05, 0.1) is 5.54 Å². The van der Waals surface area contributed by atoms with Gasteiger partial charge in [-0.05, 0) is 65.3 Å². The van der Waals surface area contributed by atoms with Crippen molar-refractivity contribution in [2.75, 3.05) is 0 Å². The Morgan fingerprint density at radius 3 is 1.50 bits per heavy atom. The maximum absolute atomic E-state index is 11.6. The van der Waals surface area contributed by atoms with Gasteiger partial charge in [-0.2, -0.15) is 0 Å². The van der Waals surface area contributed by atoms with Gasteiger partial charge >= 0.3 is 14.8 Å². The van der Waals surface area contributed by atoms with E-state index in [9.17, 15) is 9.90 Å². The summed E-state index contributed by atoms with van der Waals surface area (Å²) in [5, 5.41) is 10.7. The number of hydrogen-bond acceptors (Lipinski definition) is 6. The molecule has 0 aromatic carbocycles. The van der Waals surface area contributed by atoms with Crippen LogP contribution in [0.2, 0.25) is 64.5 Å². The average Bonchev–Trinajstić information content (AvgIpc) is 2.32. The average molecular weight is 439 g/mol. The molecule has 10 heteroatoms. The van der Waals surface area contributed by atoms with Crippen molar-refractivity contribution in [2.45, 2.75) is 84.1 Å². The van der Waals surface area contributed by atoms with E-state index in [2.05, 4.69) is 65.5 Å². The molecule has 2 unspecified atom stereocenters. The van der Waals surface area contributed by atoms with E-state index < -0.39 is 51.6 Å². The first kappa shape index (κ1) is 25.9. The Balaban J connectivity index is 6.23. The number of hydrogen-bond donors (Lipinski definition) is 1. The number of carbonyl (C=O) groups excluding carboxylic acids is 1. The first-order valence-electron chi connectivity index (χ1n) is 9.06. The van der Waals surface area contributed by atoms with Gasteiger partial charge in [0.2, 0.25) is 6.29 Å². The minimum absolute atomic E-state index is 0.511. The highest BCUT2D eigenvalue weighted by atomic mass is 28.5. The zero-order valence-electron chi connectivity index (χ0n) is 18.1. The number of aliphatic hydroxyl groups excluding tert-OH is 1. The number of carbonyl (C=O) groups is 1. The van der Waals surface area contributed by atoms with Crippen molar-refractivity contribution in [1.29, 1.82) is 0 Å². The molecule has 0 aliphatic heterocycles. The van der Waals surface area contributed by atoms with Gasteiger partial charge in [0.1, 0.15) is 0 Å². The smallest absolute Gasteiger partial charge is 0.433 e. The Hall–Kier alpha value is -0.0825. The molecule has 0 rings (SSSR count). The highest BCUT2D eigenvalue weighted by Crippen LogP contribution is 2.39. The molecule has 0 radical (unpaired) electrons. The lowest BCUT2D eigenvalue weighted by Crippen LogP contribution is -2.64. The summed E-state index contributed by atoms with van der Waals surface area (Å²) in [5.74, 6) is -0.673. The number of ether oxygens (including phenoxy) is 1. The summed E-state index contributed by atoms with van der Waals surface area (Å²) < 4.78 is 24.9. The van der Waals surface area contributed by atoms with Gasteiger partial charge in [-0.25, -0.2) is 4.79 Å². The van der Waals surface area contributed by atoms with Crippen LogP contribution in [-0.2, 0) is 21.9 Å². The predicted molar refractivity (Wildman–Crippen MR) is 115 cm³/mol. The summed E-state index contributed by atoms with van der Waals surface area (Å²) in [7, 11) is -9.59. The third-order valence-electron chi connectivity index (χ3n) is 2.99. The van der Waals surface area contributed by atoms with Crippen molar-refractivity contribution >= 4 is 39.7 Å². The fourth-order valence-electron chi connectivity index (χ4n) is 2.45. The van der Waals surface area contributed by atoms with Crippen molar-refractivity contribution in [1.82, 2.24) is 0 Å². The molecule has 0 saturated carbocycles. The Kier molecular flexibility index (Phi) is 9.38. The summed E-state index contributed by atoms with van der Waals surface area (Å²) in [6.07, 6.45) is 0.190. The van der Waals surface area contributed by atoms with Gasteiger partial charge in [-0.3, -0.25) is 0 Å². The van der Waals surface area contributed by atoms with Gasteiger partial charge in [0.25, 0.3) is 0 Å². The number of rotatable bonds is 11. The summed E-state index contributed by atoms with van der Waals surface area (Å²) in [5.41, 5.74) is -0.545. The van der Waals surface area contributed by atoms with Crippen LogP contribution in [0.25, 0.3) is 0 Å². The van der Waals surface area contributed by atoms with E-state index in [0.717, 1.165) is 6.08 Å². The maximum atomic E-state index is 11.6. The quantitative estimate of drug-likeness (QED) is 0.224. The monoisotopic (exact) mass is 438 g/mol. The normalized spacial score (nSPS) is 16.1. The summed E-state index contributed by atoms with van der Waals surface area (Å²) in [4.78, 5) is 11.6. The minimum Gasteiger partial charge on any atom is -0.433 e. The number of aliphatic hydroxyl groups is 1. The van der Waals surface area contributed by atoms with Crippen molar-refractivity contribution in [3.05, 3.63) is 12.7 Å². The SMILES string of the molecule is C=CC(=O)OC(O)C(CC)[Si](O[Si](C)(C)C)(O[Si](C)(C)C)O[Si](C)(C)C. The summed E-state index contributed by atoms with van der Waals surface area (Å²) in [6.45, 7) is 24.0. The van der Waals surface area contributed by atoms with Crippen LogP contribution in [0, 0.1) is 0 Å². The van der Waals surface area contributed by atoms with Gasteiger partial charge in [-0.1, -0.05) is 13.5 Å². The van der Waals surface area contributed by atoms with Crippen LogP contribution in [-0.4, -0.2) is 51.1 Å². The third-order valence-corrected chi connectivity index (χ3v) is 15.4. The third kappa shape index (κ3) is 9.74. The first-order chi connectivity index (χ1) is 11.4. The van der Waals surface area contributed by atoms with E-state index in [1.807, 2.05) is 6.92 Å².